The van der Waals surface area contributed by atoms with E-state index in [0.29, 0.717) is 6.42 Å². The normalized spacial score (nSPS) is 15.2. The maximum absolute atomic E-state index is 11.7. The molecule has 3 nitrogen and oxygen atoms in total. The fraction of sp³-hybridized carbons (Fsp3) is 0.364. The number of aromatic nitrogens is 2. The van der Waals surface area contributed by atoms with Gasteiger partial charge in [-0.3, -0.25) is 4.79 Å². The van der Waals surface area contributed by atoms with Crippen molar-refractivity contribution in [3.63, 3.8) is 0 Å². The molecule has 0 aromatic carbocycles. The molecule has 2 heterocycles. The van der Waals surface area contributed by atoms with Crippen LogP contribution >= 0.6 is 22.7 Å². The highest BCUT2D eigenvalue weighted by molar-refractivity contribution is 7.21. The van der Waals surface area contributed by atoms with E-state index in [4.69, 9.17) is 0 Å². The predicted molar refractivity (Wildman–Crippen MR) is 65.2 cm³/mol. The van der Waals surface area contributed by atoms with Crippen molar-refractivity contribution in [3.05, 3.63) is 21.6 Å². The Kier molecular flexibility index (Phi) is 2.37. The molecule has 16 heavy (non-hydrogen) atoms. The Morgan fingerprint density at radius 2 is 2.12 bits per heavy atom. The summed E-state index contributed by atoms with van der Waals surface area (Å²) in [5.41, 5.74) is 1.99. The first-order valence-corrected chi connectivity index (χ1v) is 6.89. The van der Waals surface area contributed by atoms with Gasteiger partial charge in [-0.15, -0.1) is 22.7 Å². The van der Waals surface area contributed by atoms with Gasteiger partial charge in [0.05, 0.1) is 10.6 Å². The van der Waals surface area contributed by atoms with E-state index in [0.717, 1.165) is 39.1 Å². The molecule has 1 aliphatic carbocycles. The van der Waals surface area contributed by atoms with Gasteiger partial charge >= 0.3 is 0 Å². The highest BCUT2D eigenvalue weighted by Gasteiger charge is 2.23. The van der Waals surface area contributed by atoms with Crippen LogP contribution in [0.15, 0.2) is 5.38 Å². The minimum Gasteiger partial charge on any atom is -0.293 e. The zero-order chi connectivity index (χ0) is 11.1. The van der Waals surface area contributed by atoms with Gasteiger partial charge in [0.1, 0.15) is 0 Å². The van der Waals surface area contributed by atoms with E-state index in [-0.39, 0.29) is 5.78 Å². The summed E-state index contributed by atoms with van der Waals surface area (Å²) in [6.45, 7) is 1.97. The van der Waals surface area contributed by atoms with Crippen LogP contribution < -0.4 is 0 Å². The summed E-state index contributed by atoms with van der Waals surface area (Å²) in [4.78, 5) is 21.5. The number of rotatable bonds is 1. The first-order chi connectivity index (χ1) is 7.74. The van der Waals surface area contributed by atoms with E-state index >= 15 is 0 Å². The fourth-order valence-corrected chi connectivity index (χ4v) is 3.72. The number of Topliss-reactive ketones (excluding diaryl/α,β-unsaturated/α-hetero) is 1. The third-order valence-electron chi connectivity index (χ3n) is 2.57. The lowest BCUT2D eigenvalue weighted by atomic mass is 10.0. The lowest BCUT2D eigenvalue weighted by molar-refractivity contribution is 0.0976. The minimum atomic E-state index is 0.248. The van der Waals surface area contributed by atoms with Gasteiger partial charge < -0.3 is 0 Å². The van der Waals surface area contributed by atoms with E-state index in [2.05, 4.69) is 9.97 Å². The molecule has 82 valence electrons. The Hall–Kier alpha value is -1.07. The molecule has 1 aliphatic rings. The number of nitrogens with zero attached hydrogens (tertiary/aromatic N) is 2. The molecule has 2 aromatic heterocycles. The number of hydrogen-bond donors (Lipinski definition) is 0. The molecule has 0 amide bonds. The summed E-state index contributed by atoms with van der Waals surface area (Å²) in [7, 11) is 0. The highest BCUT2D eigenvalue weighted by atomic mass is 32.1. The van der Waals surface area contributed by atoms with E-state index < -0.39 is 0 Å². The maximum atomic E-state index is 11.7. The van der Waals surface area contributed by atoms with E-state index in [9.17, 15) is 4.79 Å². The molecule has 0 saturated carbocycles. The van der Waals surface area contributed by atoms with E-state index in [1.54, 1.807) is 11.3 Å². The number of carbonyl (C=O) groups excluding carboxylic acids is 1. The molecule has 0 N–H and O–H groups in total. The van der Waals surface area contributed by atoms with E-state index in [1.807, 2.05) is 12.3 Å². The Balaban J connectivity index is 2.07. The average Bonchev–Trinajstić information content (AvgIpc) is 2.84. The van der Waals surface area contributed by atoms with Crippen molar-refractivity contribution in [3.8, 4) is 10.0 Å². The molecule has 0 radical (unpaired) electrons. The van der Waals surface area contributed by atoms with Crippen molar-refractivity contribution < 1.29 is 4.79 Å². The van der Waals surface area contributed by atoms with Crippen LogP contribution in [0.25, 0.3) is 10.0 Å². The summed E-state index contributed by atoms with van der Waals surface area (Å²) in [6, 6.07) is 0. The molecule has 5 heteroatoms. The molecule has 0 saturated heterocycles. The molecule has 0 atom stereocenters. The van der Waals surface area contributed by atoms with Crippen LogP contribution in [-0.2, 0) is 6.42 Å². The first-order valence-electron chi connectivity index (χ1n) is 5.19. The highest BCUT2D eigenvalue weighted by Crippen LogP contribution is 2.33. The molecular formula is C11H10N2OS2. The van der Waals surface area contributed by atoms with Crippen molar-refractivity contribution in [1.82, 2.24) is 9.97 Å². The Bertz CT molecular complexity index is 556. The van der Waals surface area contributed by atoms with Crippen molar-refractivity contribution in [2.75, 3.05) is 0 Å². The van der Waals surface area contributed by atoms with Crippen LogP contribution in [0.5, 0.6) is 0 Å². The van der Waals surface area contributed by atoms with Crippen molar-refractivity contribution in [2.24, 2.45) is 0 Å². The number of hydrogen-bond acceptors (Lipinski definition) is 5. The largest absolute Gasteiger partial charge is 0.293 e. The lowest BCUT2D eigenvalue weighted by Gasteiger charge is -2.06. The molecule has 0 fully saturated rings. The van der Waals surface area contributed by atoms with Crippen LogP contribution in [0.3, 0.4) is 0 Å². The summed E-state index contributed by atoms with van der Waals surface area (Å²) in [5, 5.41) is 3.85. The molecular weight excluding hydrogens is 240 g/mol. The smallest absolute Gasteiger partial charge is 0.174 e. The zero-order valence-electron chi connectivity index (χ0n) is 8.82. The van der Waals surface area contributed by atoms with Crippen LogP contribution in [0.2, 0.25) is 0 Å². The second kappa shape index (κ2) is 3.75. The SMILES string of the molecule is Cc1csc(-c2nc3c(s2)C(=O)CCC3)n1. The minimum absolute atomic E-state index is 0.248. The summed E-state index contributed by atoms with van der Waals surface area (Å²) >= 11 is 3.09. The monoisotopic (exact) mass is 250 g/mol. The molecule has 0 bridgehead atoms. The van der Waals surface area contributed by atoms with Gasteiger partial charge in [0.15, 0.2) is 15.8 Å². The number of aryl methyl sites for hydroxylation is 2. The standard InChI is InChI=1S/C11H10N2OS2/c1-6-5-15-10(12-6)11-13-7-3-2-4-8(14)9(7)16-11/h5H,2-4H2,1H3. The van der Waals surface area contributed by atoms with Crippen molar-refractivity contribution in [1.29, 1.82) is 0 Å². The summed E-state index contributed by atoms with van der Waals surface area (Å²) in [5.74, 6) is 0.248. The van der Waals surface area contributed by atoms with Gasteiger partial charge in [0, 0.05) is 17.5 Å². The maximum Gasteiger partial charge on any atom is 0.174 e. The topological polar surface area (TPSA) is 42.9 Å². The molecule has 3 rings (SSSR count). The Morgan fingerprint density at radius 1 is 1.25 bits per heavy atom. The van der Waals surface area contributed by atoms with Gasteiger partial charge in [-0.1, -0.05) is 0 Å². The predicted octanol–water partition coefficient (Wildman–Crippen LogP) is 3.09. The van der Waals surface area contributed by atoms with Gasteiger partial charge in [0.2, 0.25) is 0 Å². The Labute approximate surface area is 101 Å². The average molecular weight is 250 g/mol. The number of fused-ring (bicyclic) bond motifs is 1. The summed E-state index contributed by atoms with van der Waals surface area (Å²) < 4.78 is 0. The molecule has 0 unspecified atom stereocenters. The number of ketones is 1. The first kappa shape index (κ1) is 10.1. The van der Waals surface area contributed by atoms with Gasteiger partial charge in [-0.25, -0.2) is 9.97 Å². The third-order valence-corrected chi connectivity index (χ3v) is 4.81. The second-order valence-corrected chi connectivity index (χ2v) is 5.72. The van der Waals surface area contributed by atoms with E-state index in [1.165, 1.54) is 11.3 Å². The second-order valence-electron chi connectivity index (χ2n) is 3.87. The Morgan fingerprint density at radius 3 is 2.81 bits per heavy atom. The quantitative estimate of drug-likeness (QED) is 0.781. The number of carbonyl (C=O) groups is 1. The van der Waals surface area contributed by atoms with Crippen LogP contribution in [0.4, 0.5) is 0 Å². The van der Waals surface area contributed by atoms with Crippen LogP contribution in [-0.4, -0.2) is 15.8 Å². The summed E-state index contributed by atoms with van der Waals surface area (Å²) in [6.07, 6.45) is 2.54. The molecule has 2 aromatic rings. The number of thiazole rings is 2. The molecule has 0 aliphatic heterocycles. The molecule has 0 spiro atoms. The van der Waals surface area contributed by atoms with Gasteiger partial charge in [-0.2, -0.15) is 0 Å². The fourth-order valence-electron chi connectivity index (χ4n) is 1.81. The zero-order valence-corrected chi connectivity index (χ0v) is 10.5. The van der Waals surface area contributed by atoms with Crippen LogP contribution in [0, 0.1) is 6.92 Å². The van der Waals surface area contributed by atoms with Gasteiger partial charge in [0.25, 0.3) is 0 Å². The third kappa shape index (κ3) is 1.60. The van der Waals surface area contributed by atoms with Gasteiger partial charge in [-0.05, 0) is 19.8 Å². The lowest BCUT2D eigenvalue weighted by Crippen LogP contribution is -2.07. The van der Waals surface area contributed by atoms with Crippen molar-refractivity contribution >= 4 is 28.5 Å². The van der Waals surface area contributed by atoms with Crippen molar-refractivity contribution in [2.45, 2.75) is 26.2 Å². The van der Waals surface area contributed by atoms with Crippen LogP contribution in [0.1, 0.15) is 33.9 Å².